The third-order valence-corrected chi connectivity index (χ3v) is 4.68. The number of methoxy groups -OCH3 is 2. The van der Waals surface area contributed by atoms with Crippen molar-refractivity contribution in [2.75, 3.05) is 33.9 Å². The molecule has 0 bridgehead atoms. The number of alkyl halides is 2. The monoisotopic (exact) mass is 378 g/mol. The van der Waals surface area contributed by atoms with Crippen molar-refractivity contribution in [2.24, 2.45) is 0 Å². The third kappa shape index (κ3) is 4.67. The Labute approximate surface area is 157 Å². The zero-order valence-electron chi connectivity index (χ0n) is 15.5. The highest BCUT2D eigenvalue weighted by Crippen LogP contribution is 2.33. The second-order valence-corrected chi connectivity index (χ2v) is 6.30. The highest BCUT2D eigenvalue weighted by Gasteiger charge is 2.26. The molecule has 0 amide bonds. The first-order chi connectivity index (χ1) is 13.1. The first-order valence-electron chi connectivity index (χ1n) is 8.81. The van der Waals surface area contributed by atoms with Crippen LogP contribution in [0.2, 0.25) is 0 Å². The van der Waals surface area contributed by atoms with Crippen LogP contribution in [0.15, 0.2) is 42.5 Å². The van der Waals surface area contributed by atoms with E-state index in [4.69, 9.17) is 9.47 Å². The number of benzene rings is 2. The molecule has 1 N–H and O–H groups in total. The summed E-state index contributed by atoms with van der Waals surface area (Å²) in [4.78, 5) is 2.34. The minimum Gasteiger partial charge on any atom is -0.496 e. The van der Waals surface area contributed by atoms with Gasteiger partial charge in [0.05, 0.1) is 20.3 Å². The molecule has 7 heteroatoms. The summed E-state index contributed by atoms with van der Waals surface area (Å²) in [6, 6.07) is 13.2. The number of rotatable bonds is 7. The molecule has 1 fully saturated rings. The van der Waals surface area contributed by atoms with E-state index in [1.165, 1.54) is 13.2 Å². The van der Waals surface area contributed by atoms with Gasteiger partial charge < -0.3 is 19.5 Å². The Balaban J connectivity index is 1.82. The molecular weight excluding hydrogens is 354 g/mol. The van der Waals surface area contributed by atoms with Gasteiger partial charge in [0.2, 0.25) is 0 Å². The zero-order chi connectivity index (χ0) is 19.2. The molecule has 27 heavy (non-hydrogen) atoms. The van der Waals surface area contributed by atoms with Crippen molar-refractivity contribution in [3.05, 3.63) is 53.6 Å². The van der Waals surface area contributed by atoms with E-state index in [2.05, 4.69) is 21.0 Å². The summed E-state index contributed by atoms with van der Waals surface area (Å²) in [5, 5.41) is 3.43. The van der Waals surface area contributed by atoms with E-state index in [0.29, 0.717) is 12.3 Å². The largest absolute Gasteiger partial charge is 0.496 e. The van der Waals surface area contributed by atoms with Crippen molar-refractivity contribution >= 4 is 0 Å². The van der Waals surface area contributed by atoms with E-state index < -0.39 is 6.61 Å². The molecule has 0 radical (unpaired) electrons. The van der Waals surface area contributed by atoms with Crippen LogP contribution in [0.4, 0.5) is 8.78 Å². The highest BCUT2D eigenvalue weighted by atomic mass is 19.3. The van der Waals surface area contributed by atoms with Crippen molar-refractivity contribution in [1.82, 2.24) is 10.2 Å². The van der Waals surface area contributed by atoms with Gasteiger partial charge in [0, 0.05) is 31.7 Å². The van der Waals surface area contributed by atoms with Crippen molar-refractivity contribution in [2.45, 2.75) is 19.2 Å². The lowest BCUT2D eigenvalue weighted by Gasteiger charge is -2.37. The molecule has 0 spiro atoms. The van der Waals surface area contributed by atoms with Crippen LogP contribution < -0.4 is 19.5 Å². The van der Waals surface area contributed by atoms with E-state index in [9.17, 15) is 8.78 Å². The Morgan fingerprint density at radius 3 is 2.59 bits per heavy atom. The topological polar surface area (TPSA) is 43.0 Å². The summed E-state index contributed by atoms with van der Waals surface area (Å²) in [5.41, 5.74) is 2.09. The molecule has 1 atom stereocenters. The fraction of sp³-hybridized carbons (Fsp3) is 0.400. The number of hydrogen-bond acceptors (Lipinski definition) is 5. The summed E-state index contributed by atoms with van der Waals surface area (Å²) in [6.07, 6.45) is 0. The lowest BCUT2D eigenvalue weighted by Crippen LogP contribution is -2.45. The van der Waals surface area contributed by atoms with E-state index in [0.717, 1.165) is 36.5 Å². The summed E-state index contributed by atoms with van der Waals surface area (Å²) >= 11 is 0. The Hall–Kier alpha value is -2.38. The van der Waals surface area contributed by atoms with Crippen molar-refractivity contribution in [3.63, 3.8) is 0 Å². The van der Waals surface area contributed by atoms with Gasteiger partial charge in [-0.3, -0.25) is 4.90 Å². The van der Waals surface area contributed by atoms with Crippen LogP contribution in [0.5, 0.6) is 17.2 Å². The quantitative estimate of drug-likeness (QED) is 0.799. The van der Waals surface area contributed by atoms with Crippen LogP contribution >= 0.6 is 0 Å². The molecule has 1 saturated heterocycles. The van der Waals surface area contributed by atoms with E-state index >= 15 is 0 Å². The molecule has 0 saturated carbocycles. The summed E-state index contributed by atoms with van der Waals surface area (Å²) in [6.45, 7) is 0.336. The Morgan fingerprint density at radius 2 is 1.85 bits per heavy atom. The number of piperazine rings is 1. The summed E-state index contributed by atoms with van der Waals surface area (Å²) in [7, 11) is 3.12. The predicted octanol–water partition coefficient (Wildman–Crippen LogP) is 3.45. The van der Waals surface area contributed by atoms with E-state index in [-0.39, 0.29) is 11.8 Å². The average Bonchev–Trinajstić information content (AvgIpc) is 2.69. The molecule has 1 unspecified atom stereocenters. The third-order valence-electron chi connectivity index (χ3n) is 4.68. The average molecular weight is 378 g/mol. The fourth-order valence-corrected chi connectivity index (χ4v) is 3.42. The number of nitrogens with one attached hydrogen (secondary N) is 1. The summed E-state index contributed by atoms with van der Waals surface area (Å²) in [5.74, 6) is 1.20. The second-order valence-electron chi connectivity index (χ2n) is 6.30. The van der Waals surface area contributed by atoms with Gasteiger partial charge in [-0.1, -0.05) is 24.3 Å². The van der Waals surface area contributed by atoms with Gasteiger partial charge in [-0.05, 0) is 23.8 Å². The molecule has 3 rings (SSSR count). The Bertz CT molecular complexity index is 758. The Morgan fingerprint density at radius 1 is 1.07 bits per heavy atom. The molecule has 1 aliphatic heterocycles. The summed E-state index contributed by atoms with van der Waals surface area (Å²) < 4.78 is 40.3. The van der Waals surface area contributed by atoms with Gasteiger partial charge in [-0.25, -0.2) is 0 Å². The van der Waals surface area contributed by atoms with E-state index in [1.54, 1.807) is 19.2 Å². The maximum absolute atomic E-state index is 12.5. The smallest absolute Gasteiger partial charge is 0.387 e. The highest BCUT2D eigenvalue weighted by molar-refractivity contribution is 5.43. The van der Waals surface area contributed by atoms with Gasteiger partial charge in [-0.2, -0.15) is 8.78 Å². The van der Waals surface area contributed by atoms with Gasteiger partial charge >= 0.3 is 6.61 Å². The van der Waals surface area contributed by atoms with Gasteiger partial charge in [0.1, 0.15) is 5.75 Å². The standard InChI is InChI=1S/C20H24F2N2O3/c1-25-17-6-4-3-5-15(17)16-12-23-9-10-24(16)13-14-7-8-18(27-20(21)22)19(11-14)26-2/h3-8,11,16,20,23H,9-10,12-13H2,1-2H3. The molecule has 2 aromatic carbocycles. The first kappa shape index (κ1) is 19.4. The van der Waals surface area contributed by atoms with Crippen LogP contribution in [0.1, 0.15) is 17.2 Å². The molecule has 1 heterocycles. The second kappa shape index (κ2) is 9.01. The lowest BCUT2D eigenvalue weighted by molar-refractivity contribution is -0.0512. The molecule has 0 aromatic heterocycles. The SMILES string of the molecule is COc1cc(CN2CCNCC2c2ccccc2OC)ccc1OC(F)F. The normalized spacial score (nSPS) is 17.7. The van der Waals surface area contributed by atoms with Crippen LogP contribution in [-0.4, -0.2) is 45.4 Å². The Kier molecular flexibility index (Phi) is 6.47. The van der Waals surface area contributed by atoms with Gasteiger partial charge in [-0.15, -0.1) is 0 Å². The number of halogens is 2. The number of para-hydroxylation sites is 1. The van der Waals surface area contributed by atoms with Gasteiger partial charge in [0.25, 0.3) is 0 Å². The van der Waals surface area contributed by atoms with Crippen molar-refractivity contribution in [1.29, 1.82) is 0 Å². The van der Waals surface area contributed by atoms with Gasteiger partial charge in [0.15, 0.2) is 11.5 Å². The molecule has 2 aromatic rings. The maximum atomic E-state index is 12.5. The molecule has 0 aliphatic carbocycles. The van der Waals surface area contributed by atoms with Crippen LogP contribution in [-0.2, 0) is 6.54 Å². The first-order valence-corrected chi connectivity index (χ1v) is 8.81. The van der Waals surface area contributed by atoms with Crippen LogP contribution in [0.3, 0.4) is 0 Å². The molecule has 1 aliphatic rings. The zero-order valence-corrected chi connectivity index (χ0v) is 15.5. The minimum atomic E-state index is -2.88. The molecule has 5 nitrogen and oxygen atoms in total. The molecule has 146 valence electrons. The van der Waals surface area contributed by atoms with Crippen molar-refractivity contribution in [3.8, 4) is 17.2 Å². The lowest BCUT2D eigenvalue weighted by atomic mass is 10.0. The fourth-order valence-electron chi connectivity index (χ4n) is 3.42. The maximum Gasteiger partial charge on any atom is 0.387 e. The van der Waals surface area contributed by atoms with E-state index in [1.807, 2.05) is 18.2 Å². The molecular formula is C20H24F2N2O3. The number of ether oxygens (including phenoxy) is 3. The van der Waals surface area contributed by atoms with Crippen molar-refractivity contribution < 1.29 is 23.0 Å². The van der Waals surface area contributed by atoms with Crippen LogP contribution in [0, 0.1) is 0 Å². The number of nitrogens with zero attached hydrogens (tertiary/aromatic N) is 1. The minimum absolute atomic E-state index is 0.0397. The number of hydrogen-bond donors (Lipinski definition) is 1. The predicted molar refractivity (Wildman–Crippen MR) is 98.6 cm³/mol. The van der Waals surface area contributed by atoms with Crippen LogP contribution in [0.25, 0.3) is 0 Å².